The predicted octanol–water partition coefficient (Wildman–Crippen LogP) is 3.93. The summed E-state index contributed by atoms with van der Waals surface area (Å²) in [5, 5.41) is 0. The molecule has 29 heavy (non-hydrogen) atoms. The minimum atomic E-state index is 0.00779. The number of nitrogens with zero attached hydrogens (tertiary/aromatic N) is 1. The molecule has 7 heteroatoms. The molecule has 0 saturated carbocycles. The van der Waals surface area contributed by atoms with Crippen LogP contribution in [0.4, 0.5) is 0 Å². The van der Waals surface area contributed by atoms with Gasteiger partial charge in [0.1, 0.15) is 24.7 Å². The van der Waals surface area contributed by atoms with Gasteiger partial charge in [0.15, 0.2) is 11.5 Å². The molecule has 1 saturated heterocycles. The Morgan fingerprint density at radius 1 is 1.10 bits per heavy atom. The number of likely N-dealkylation sites (tertiary alicyclic amines) is 1. The molecule has 2 aliphatic heterocycles. The van der Waals surface area contributed by atoms with Gasteiger partial charge in [0, 0.05) is 17.0 Å². The Morgan fingerprint density at radius 2 is 1.93 bits per heavy atom. The number of hydrogen-bond donors (Lipinski definition) is 0. The SMILES string of the molecule is COc1ccc(OC)c([C@H]2CCCN2C(=O)CSc2ccc3c(c2)OCCO3)c1. The molecule has 0 aromatic heterocycles. The van der Waals surface area contributed by atoms with Crippen LogP contribution in [0.25, 0.3) is 0 Å². The lowest BCUT2D eigenvalue weighted by Gasteiger charge is -2.26. The molecule has 1 atom stereocenters. The highest BCUT2D eigenvalue weighted by Gasteiger charge is 2.32. The maximum Gasteiger partial charge on any atom is 0.233 e. The van der Waals surface area contributed by atoms with E-state index in [-0.39, 0.29) is 11.9 Å². The number of carbonyl (C=O) groups is 1. The number of amides is 1. The normalized spacial score (nSPS) is 17.9. The Kier molecular flexibility index (Phi) is 6.04. The van der Waals surface area contributed by atoms with Gasteiger partial charge in [0.2, 0.25) is 5.91 Å². The Balaban J connectivity index is 1.46. The van der Waals surface area contributed by atoms with Crippen molar-refractivity contribution in [3.63, 3.8) is 0 Å². The van der Waals surface area contributed by atoms with Crippen molar-refractivity contribution in [1.82, 2.24) is 4.90 Å². The van der Waals surface area contributed by atoms with E-state index in [0.717, 1.165) is 52.8 Å². The van der Waals surface area contributed by atoms with Crippen LogP contribution in [0.15, 0.2) is 41.3 Å². The Labute approximate surface area is 175 Å². The number of hydrogen-bond acceptors (Lipinski definition) is 6. The molecule has 2 aromatic rings. The lowest BCUT2D eigenvalue weighted by molar-refractivity contribution is -0.129. The van der Waals surface area contributed by atoms with Crippen LogP contribution in [0.5, 0.6) is 23.0 Å². The number of fused-ring (bicyclic) bond motifs is 1. The molecule has 0 N–H and O–H groups in total. The summed E-state index contributed by atoms with van der Waals surface area (Å²) in [6.45, 7) is 1.88. The standard InChI is InChI=1S/C22H25NO5S/c1-25-15-5-7-19(26-2)17(12-15)18-4-3-9-23(18)22(24)14-29-16-6-8-20-21(13-16)28-11-10-27-20/h5-8,12-13,18H,3-4,9-11,14H2,1-2H3/t18-/m1/s1. The van der Waals surface area contributed by atoms with Gasteiger partial charge < -0.3 is 23.8 Å². The van der Waals surface area contributed by atoms with Crippen molar-refractivity contribution in [1.29, 1.82) is 0 Å². The first kappa shape index (κ1) is 19.8. The van der Waals surface area contributed by atoms with Crippen LogP contribution >= 0.6 is 11.8 Å². The number of thioether (sulfide) groups is 1. The third kappa shape index (κ3) is 4.24. The average Bonchev–Trinajstić information content (AvgIpc) is 3.26. The van der Waals surface area contributed by atoms with E-state index in [9.17, 15) is 4.79 Å². The minimum Gasteiger partial charge on any atom is -0.497 e. The topological polar surface area (TPSA) is 57.2 Å². The molecular weight excluding hydrogens is 390 g/mol. The third-order valence-corrected chi connectivity index (χ3v) is 6.22. The van der Waals surface area contributed by atoms with Gasteiger partial charge in [-0.25, -0.2) is 0 Å². The van der Waals surface area contributed by atoms with E-state index in [1.54, 1.807) is 14.2 Å². The summed E-state index contributed by atoms with van der Waals surface area (Å²) in [4.78, 5) is 16.0. The summed E-state index contributed by atoms with van der Waals surface area (Å²) in [5.41, 5.74) is 1.00. The molecule has 0 unspecified atom stereocenters. The van der Waals surface area contributed by atoms with Crippen LogP contribution in [-0.2, 0) is 4.79 Å². The molecule has 0 aliphatic carbocycles. The van der Waals surface area contributed by atoms with Crippen molar-refractivity contribution in [3.05, 3.63) is 42.0 Å². The summed E-state index contributed by atoms with van der Waals surface area (Å²) < 4.78 is 22.1. The van der Waals surface area contributed by atoms with Crippen LogP contribution in [0.3, 0.4) is 0 Å². The monoisotopic (exact) mass is 415 g/mol. The lowest BCUT2D eigenvalue weighted by atomic mass is 10.0. The van der Waals surface area contributed by atoms with E-state index in [4.69, 9.17) is 18.9 Å². The maximum absolute atomic E-state index is 13.0. The molecule has 0 bridgehead atoms. The van der Waals surface area contributed by atoms with Gasteiger partial charge in [0.05, 0.1) is 26.0 Å². The zero-order chi connectivity index (χ0) is 20.2. The number of rotatable bonds is 6. The minimum absolute atomic E-state index is 0.00779. The highest BCUT2D eigenvalue weighted by atomic mass is 32.2. The summed E-state index contributed by atoms with van der Waals surface area (Å²) >= 11 is 1.52. The number of carbonyl (C=O) groups excluding carboxylic acids is 1. The van der Waals surface area contributed by atoms with Crippen LogP contribution in [0.1, 0.15) is 24.4 Å². The highest BCUT2D eigenvalue weighted by Crippen LogP contribution is 2.40. The van der Waals surface area contributed by atoms with Crippen molar-refractivity contribution in [2.75, 3.05) is 39.7 Å². The Morgan fingerprint density at radius 3 is 2.72 bits per heavy atom. The zero-order valence-corrected chi connectivity index (χ0v) is 17.5. The van der Waals surface area contributed by atoms with Gasteiger partial charge in [0.25, 0.3) is 0 Å². The molecule has 0 spiro atoms. The molecule has 6 nitrogen and oxygen atoms in total. The van der Waals surface area contributed by atoms with Gasteiger partial charge in [-0.3, -0.25) is 4.79 Å². The third-order valence-electron chi connectivity index (χ3n) is 5.24. The second kappa shape index (κ2) is 8.86. The average molecular weight is 416 g/mol. The summed E-state index contributed by atoms with van der Waals surface area (Å²) in [7, 11) is 3.30. The molecule has 0 radical (unpaired) electrons. The van der Waals surface area contributed by atoms with Crippen molar-refractivity contribution < 1.29 is 23.7 Å². The molecule has 2 aliphatic rings. The maximum atomic E-state index is 13.0. The molecule has 1 fully saturated rings. The van der Waals surface area contributed by atoms with E-state index in [1.807, 2.05) is 41.3 Å². The number of benzene rings is 2. The molecular formula is C22H25NO5S. The fourth-order valence-electron chi connectivity index (χ4n) is 3.83. The van der Waals surface area contributed by atoms with Gasteiger partial charge in [-0.05, 0) is 49.2 Å². The van der Waals surface area contributed by atoms with Crippen LogP contribution in [0.2, 0.25) is 0 Å². The second-order valence-electron chi connectivity index (χ2n) is 6.95. The summed E-state index contributed by atoms with van der Waals surface area (Å²) in [6.07, 6.45) is 1.90. The Bertz CT molecular complexity index is 888. The molecule has 1 amide bonds. The fourth-order valence-corrected chi connectivity index (χ4v) is 4.64. The van der Waals surface area contributed by atoms with Gasteiger partial charge in [-0.15, -0.1) is 11.8 Å². The smallest absolute Gasteiger partial charge is 0.233 e. The summed E-state index contributed by atoms with van der Waals surface area (Å²) in [6, 6.07) is 11.6. The van der Waals surface area contributed by atoms with Gasteiger partial charge in [-0.1, -0.05) is 0 Å². The fraction of sp³-hybridized carbons (Fsp3) is 0.409. The van der Waals surface area contributed by atoms with E-state index in [1.165, 1.54) is 11.8 Å². The number of ether oxygens (including phenoxy) is 4. The highest BCUT2D eigenvalue weighted by molar-refractivity contribution is 8.00. The van der Waals surface area contributed by atoms with Crippen LogP contribution in [-0.4, -0.2) is 50.5 Å². The predicted molar refractivity (Wildman–Crippen MR) is 111 cm³/mol. The van der Waals surface area contributed by atoms with Crippen LogP contribution in [0, 0.1) is 0 Å². The van der Waals surface area contributed by atoms with Crippen molar-refractivity contribution in [2.45, 2.75) is 23.8 Å². The first-order valence-corrected chi connectivity index (χ1v) is 10.7. The number of methoxy groups -OCH3 is 2. The molecule has 4 rings (SSSR count). The van der Waals surface area contributed by atoms with Crippen LogP contribution < -0.4 is 18.9 Å². The van der Waals surface area contributed by atoms with Crippen molar-refractivity contribution >= 4 is 17.7 Å². The van der Waals surface area contributed by atoms with Crippen molar-refractivity contribution in [2.24, 2.45) is 0 Å². The molecule has 2 heterocycles. The zero-order valence-electron chi connectivity index (χ0n) is 16.7. The van der Waals surface area contributed by atoms with Gasteiger partial charge in [-0.2, -0.15) is 0 Å². The first-order valence-electron chi connectivity index (χ1n) is 9.73. The Hall–Kier alpha value is -2.54. The molecule has 154 valence electrons. The van der Waals surface area contributed by atoms with Crippen molar-refractivity contribution in [3.8, 4) is 23.0 Å². The van der Waals surface area contributed by atoms with Gasteiger partial charge >= 0.3 is 0 Å². The summed E-state index contributed by atoms with van der Waals surface area (Å²) in [5.74, 6) is 3.56. The lowest BCUT2D eigenvalue weighted by Crippen LogP contribution is -2.32. The van der Waals surface area contributed by atoms with E-state index < -0.39 is 0 Å². The van der Waals surface area contributed by atoms with E-state index in [2.05, 4.69) is 0 Å². The van der Waals surface area contributed by atoms with E-state index in [0.29, 0.717) is 19.0 Å². The first-order chi connectivity index (χ1) is 14.2. The second-order valence-corrected chi connectivity index (χ2v) is 8.00. The quantitative estimate of drug-likeness (QED) is 0.667. The van der Waals surface area contributed by atoms with E-state index >= 15 is 0 Å². The largest absolute Gasteiger partial charge is 0.497 e. The molecule has 2 aromatic carbocycles.